The number of methoxy groups -OCH3 is 3. The van der Waals surface area contributed by atoms with Crippen molar-refractivity contribution >= 4 is 27.8 Å². The van der Waals surface area contributed by atoms with Crippen molar-refractivity contribution in [3.63, 3.8) is 0 Å². The Balaban J connectivity index is 1.82. The Labute approximate surface area is 198 Å². The van der Waals surface area contributed by atoms with Gasteiger partial charge in [-0.3, -0.25) is 9.10 Å². The molecule has 1 amide bonds. The van der Waals surface area contributed by atoms with Crippen LogP contribution < -0.4 is 23.9 Å². The number of nitrogens with zero attached hydrogens (tertiary/aromatic N) is 2. The molecule has 3 aromatic carbocycles. The molecule has 0 bridgehead atoms. The lowest BCUT2D eigenvalue weighted by Crippen LogP contribution is -2.39. The number of nitrogens with one attached hydrogen (secondary N) is 1. The first-order valence-corrected chi connectivity index (χ1v) is 11.6. The van der Waals surface area contributed by atoms with Gasteiger partial charge in [-0.2, -0.15) is 5.10 Å². The normalized spacial score (nSPS) is 11.1. The molecule has 178 valence electrons. The van der Waals surface area contributed by atoms with Gasteiger partial charge in [0.15, 0.2) is 11.5 Å². The van der Waals surface area contributed by atoms with E-state index >= 15 is 0 Å². The number of amides is 1. The predicted molar refractivity (Wildman–Crippen MR) is 129 cm³/mol. The third-order valence-electron chi connectivity index (χ3n) is 4.77. The molecule has 0 radical (unpaired) electrons. The van der Waals surface area contributed by atoms with Gasteiger partial charge in [-0.25, -0.2) is 13.8 Å². The van der Waals surface area contributed by atoms with E-state index in [1.165, 1.54) is 39.7 Å². The zero-order chi connectivity index (χ0) is 24.6. The van der Waals surface area contributed by atoms with Crippen molar-refractivity contribution < 1.29 is 27.4 Å². The number of hydrogen-bond donors (Lipinski definition) is 1. The number of hydrogen-bond acceptors (Lipinski definition) is 7. The Kier molecular flexibility index (Phi) is 8.10. The average molecular weight is 484 g/mol. The molecule has 0 aromatic heterocycles. The van der Waals surface area contributed by atoms with Gasteiger partial charge in [-0.15, -0.1) is 0 Å². The Hall–Kier alpha value is -4.05. The van der Waals surface area contributed by atoms with Gasteiger partial charge in [0.2, 0.25) is 0 Å². The van der Waals surface area contributed by atoms with Crippen molar-refractivity contribution in [1.82, 2.24) is 5.43 Å². The number of carbonyl (C=O) groups is 1. The van der Waals surface area contributed by atoms with Crippen LogP contribution in [0.25, 0.3) is 0 Å². The lowest BCUT2D eigenvalue weighted by atomic mass is 10.2. The topological polar surface area (TPSA) is 107 Å². The molecule has 0 saturated heterocycles. The highest BCUT2D eigenvalue weighted by molar-refractivity contribution is 7.92. The molecule has 3 rings (SSSR count). The molecule has 34 heavy (non-hydrogen) atoms. The van der Waals surface area contributed by atoms with Gasteiger partial charge < -0.3 is 14.2 Å². The monoisotopic (exact) mass is 483 g/mol. The van der Waals surface area contributed by atoms with Crippen LogP contribution in [0.2, 0.25) is 0 Å². The van der Waals surface area contributed by atoms with E-state index in [9.17, 15) is 13.2 Å². The van der Waals surface area contributed by atoms with Crippen LogP contribution in [-0.2, 0) is 14.8 Å². The van der Waals surface area contributed by atoms with Crippen molar-refractivity contribution in [2.45, 2.75) is 4.90 Å². The Morgan fingerprint density at radius 3 is 2.32 bits per heavy atom. The summed E-state index contributed by atoms with van der Waals surface area (Å²) >= 11 is 0. The molecule has 0 spiro atoms. The first-order chi connectivity index (χ1) is 16.4. The summed E-state index contributed by atoms with van der Waals surface area (Å²) in [4.78, 5) is 12.7. The van der Waals surface area contributed by atoms with Crippen LogP contribution in [0.3, 0.4) is 0 Å². The van der Waals surface area contributed by atoms with Crippen molar-refractivity contribution in [3.8, 4) is 17.2 Å². The van der Waals surface area contributed by atoms with Crippen molar-refractivity contribution in [2.75, 3.05) is 32.2 Å². The van der Waals surface area contributed by atoms with Gasteiger partial charge in [-0.05, 0) is 48.0 Å². The molecule has 0 aliphatic carbocycles. The number of benzene rings is 3. The molecular formula is C24H25N3O6S. The summed E-state index contributed by atoms with van der Waals surface area (Å²) in [5.74, 6) is 0.899. The minimum Gasteiger partial charge on any atom is -0.497 e. The SMILES string of the molecule is COc1cccc(N(CC(=O)N/N=C\c2ccc(OC)c(OC)c2)S(=O)(=O)c2ccccc2)c1. The van der Waals surface area contributed by atoms with Crippen molar-refractivity contribution in [1.29, 1.82) is 0 Å². The molecule has 0 atom stereocenters. The van der Waals surface area contributed by atoms with Gasteiger partial charge in [0.25, 0.3) is 15.9 Å². The molecule has 9 nitrogen and oxygen atoms in total. The Bertz CT molecular complexity index is 1260. The van der Waals surface area contributed by atoms with Crippen LogP contribution in [0, 0.1) is 0 Å². The van der Waals surface area contributed by atoms with E-state index < -0.39 is 22.5 Å². The van der Waals surface area contributed by atoms with Gasteiger partial charge in [-0.1, -0.05) is 24.3 Å². The molecule has 0 fully saturated rings. The standard InChI is InChI=1S/C24H25N3O6S/c1-31-20-9-7-8-19(15-20)27(34(29,30)21-10-5-4-6-11-21)17-24(28)26-25-16-18-12-13-22(32-2)23(14-18)33-3/h4-16H,17H2,1-3H3,(H,26,28)/b25-16-. The van der Waals surface area contributed by atoms with E-state index in [4.69, 9.17) is 14.2 Å². The van der Waals surface area contributed by atoms with E-state index in [0.29, 0.717) is 22.8 Å². The van der Waals surface area contributed by atoms with Crippen LogP contribution in [0.4, 0.5) is 5.69 Å². The smallest absolute Gasteiger partial charge is 0.264 e. The average Bonchev–Trinajstić information content (AvgIpc) is 2.87. The minimum atomic E-state index is -4.03. The number of rotatable bonds is 10. The van der Waals surface area contributed by atoms with Crippen LogP contribution in [-0.4, -0.2) is 48.4 Å². The zero-order valence-electron chi connectivity index (χ0n) is 19.0. The van der Waals surface area contributed by atoms with Crippen LogP contribution in [0.15, 0.2) is 82.8 Å². The number of ether oxygens (including phenoxy) is 3. The van der Waals surface area contributed by atoms with E-state index in [1.54, 1.807) is 60.7 Å². The first kappa shape index (κ1) is 24.6. The summed E-state index contributed by atoms with van der Waals surface area (Å²) < 4.78 is 43.3. The number of hydrazone groups is 1. The third kappa shape index (κ3) is 5.84. The molecule has 0 aliphatic heterocycles. The van der Waals surface area contributed by atoms with Crippen LogP contribution in [0.5, 0.6) is 17.2 Å². The fourth-order valence-electron chi connectivity index (χ4n) is 3.08. The van der Waals surface area contributed by atoms with Crippen molar-refractivity contribution in [3.05, 3.63) is 78.4 Å². The van der Waals surface area contributed by atoms with E-state index in [-0.39, 0.29) is 10.6 Å². The number of sulfonamides is 1. The van der Waals surface area contributed by atoms with Gasteiger partial charge >= 0.3 is 0 Å². The number of anilines is 1. The van der Waals surface area contributed by atoms with Gasteiger partial charge in [0, 0.05) is 6.07 Å². The molecule has 0 aliphatic rings. The molecular weight excluding hydrogens is 458 g/mol. The zero-order valence-corrected chi connectivity index (χ0v) is 19.8. The third-order valence-corrected chi connectivity index (χ3v) is 6.56. The van der Waals surface area contributed by atoms with E-state index in [0.717, 1.165) is 4.31 Å². The summed E-state index contributed by atoms with van der Waals surface area (Å²) in [6.07, 6.45) is 1.42. The second-order valence-electron chi connectivity index (χ2n) is 6.93. The van der Waals surface area contributed by atoms with E-state index in [1.807, 2.05) is 0 Å². The van der Waals surface area contributed by atoms with Crippen LogP contribution >= 0.6 is 0 Å². The van der Waals surface area contributed by atoms with E-state index in [2.05, 4.69) is 10.5 Å². The lowest BCUT2D eigenvalue weighted by Gasteiger charge is -2.24. The quantitative estimate of drug-likeness (QED) is 0.351. The van der Waals surface area contributed by atoms with Crippen molar-refractivity contribution in [2.24, 2.45) is 5.10 Å². The molecule has 3 aromatic rings. The summed E-state index contributed by atoms with van der Waals surface area (Å²) in [6.45, 7) is -0.492. The maximum absolute atomic E-state index is 13.3. The maximum atomic E-state index is 13.3. The molecule has 0 heterocycles. The Morgan fingerprint density at radius 2 is 1.65 bits per heavy atom. The van der Waals surface area contributed by atoms with Crippen LogP contribution in [0.1, 0.15) is 5.56 Å². The summed E-state index contributed by atoms with van der Waals surface area (Å²) in [6, 6.07) is 19.5. The van der Waals surface area contributed by atoms with Gasteiger partial charge in [0.05, 0.1) is 38.1 Å². The fraction of sp³-hybridized carbons (Fsp3) is 0.167. The Morgan fingerprint density at radius 1 is 0.912 bits per heavy atom. The largest absolute Gasteiger partial charge is 0.497 e. The molecule has 0 unspecified atom stereocenters. The molecule has 0 saturated carbocycles. The predicted octanol–water partition coefficient (Wildman–Crippen LogP) is 3.06. The summed E-state index contributed by atoms with van der Waals surface area (Å²) in [7, 11) is 0.489. The summed E-state index contributed by atoms with van der Waals surface area (Å²) in [5, 5.41) is 3.94. The second-order valence-corrected chi connectivity index (χ2v) is 8.80. The first-order valence-electron chi connectivity index (χ1n) is 10.1. The highest BCUT2D eigenvalue weighted by atomic mass is 32.2. The van der Waals surface area contributed by atoms with Gasteiger partial charge in [0.1, 0.15) is 12.3 Å². The second kappa shape index (κ2) is 11.2. The highest BCUT2D eigenvalue weighted by Crippen LogP contribution is 2.28. The molecule has 1 N–H and O–H groups in total. The maximum Gasteiger partial charge on any atom is 0.264 e. The highest BCUT2D eigenvalue weighted by Gasteiger charge is 2.27. The minimum absolute atomic E-state index is 0.0550. The lowest BCUT2D eigenvalue weighted by molar-refractivity contribution is -0.119. The number of carbonyl (C=O) groups excluding carboxylic acids is 1. The summed E-state index contributed by atoms with van der Waals surface area (Å²) in [5.41, 5.74) is 3.30. The molecule has 10 heteroatoms. The fourth-order valence-corrected chi connectivity index (χ4v) is 4.51.